The monoisotopic (exact) mass is 630 g/mol. The molecule has 7 fully saturated rings. The van der Waals surface area contributed by atoms with Crippen LogP contribution in [0.15, 0.2) is 54.6 Å². The van der Waals surface area contributed by atoms with Gasteiger partial charge < -0.3 is 4.90 Å². The third-order valence-electron chi connectivity index (χ3n) is 11.9. The number of nitrogens with one attached hydrogen (secondary N) is 1. The number of rotatable bonds is 10. The molecule has 10 rings (SSSR count). The third kappa shape index (κ3) is 5.29. The van der Waals surface area contributed by atoms with Crippen LogP contribution in [0.3, 0.4) is 0 Å². The zero-order valence-electron chi connectivity index (χ0n) is 26.3. The van der Waals surface area contributed by atoms with E-state index >= 15 is 0 Å². The van der Waals surface area contributed by atoms with E-state index in [1.54, 1.807) is 12.1 Å². The van der Waals surface area contributed by atoms with Gasteiger partial charge in [-0.25, -0.2) is 12.8 Å². The zero-order chi connectivity index (χ0) is 31.2. The molecule has 7 saturated carbocycles. The molecule has 1 heterocycles. The van der Waals surface area contributed by atoms with Crippen molar-refractivity contribution < 1.29 is 17.6 Å². The smallest absolute Gasteiger partial charge is 0.229 e. The third-order valence-corrected chi connectivity index (χ3v) is 12.5. The molecular weight excluding hydrogens is 587 g/mol. The second-order valence-corrected chi connectivity index (χ2v) is 17.2. The van der Waals surface area contributed by atoms with Crippen molar-refractivity contribution in [2.45, 2.75) is 94.1 Å². The molecule has 2 aromatic carbocycles. The summed E-state index contributed by atoms with van der Waals surface area (Å²) in [6.45, 7) is 0.689. The molecule has 1 aromatic heterocycles. The molecule has 3 aromatic rings. The van der Waals surface area contributed by atoms with Gasteiger partial charge in [0.25, 0.3) is 0 Å². The molecule has 7 aliphatic carbocycles. The summed E-state index contributed by atoms with van der Waals surface area (Å²) in [6.07, 6.45) is 12.2. The second kappa shape index (κ2) is 9.90. The number of nitrogens with zero attached hydrogens (tertiary/aromatic N) is 3. The molecule has 0 spiro atoms. The number of hydrogen-bond acceptors (Lipinski definition) is 4. The molecule has 0 radical (unpaired) electrons. The van der Waals surface area contributed by atoms with Crippen molar-refractivity contribution in [3.8, 4) is 11.1 Å². The molecule has 0 saturated heterocycles. The molecule has 9 heteroatoms. The quantitative estimate of drug-likeness (QED) is 0.256. The Morgan fingerprint density at radius 3 is 2.22 bits per heavy atom. The van der Waals surface area contributed by atoms with Crippen LogP contribution in [-0.4, -0.2) is 42.6 Å². The van der Waals surface area contributed by atoms with Gasteiger partial charge in [0.15, 0.2) is 0 Å². The minimum absolute atomic E-state index is 0.0707. The molecule has 45 heavy (non-hydrogen) atoms. The Morgan fingerprint density at radius 1 is 0.956 bits per heavy atom. The van der Waals surface area contributed by atoms with Crippen molar-refractivity contribution in [3.63, 3.8) is 0 Å². The number of sulfonamides is 1. The average Bonchev–Trinajstić information content (AvgIpc) is 3.75. The highest BCUT2D eigenvalue weighted by molar-refractivity contribution is 7.92. The summed E-state index contributed by atoms with van der Waals surface area (Å²) in [5.74, 6) is 0.793. The number of fused-ring (bicyclic) bond motifs is 3. The first-order valence-corrected chi connectivity index (χ1v) is 18.5. The lowest BCUT2D eigenvalue weighted by atomic mass is 9.41. The minimum atomic E-state index is -3.36. The van der Waals surface area contributed by atoms with Crippen molar-refractivity contribution >= 4 is 27.3 Å². The maximum absolute atomic E-state index is 14.4. The normalized spacial score (nSPS) is 31.6. The maximum Gasteiger partial charge on any atom is 0.229 e. The van der Waals surface area contributed by atoms with Crippen LogP contribution in [0.1, 0.15) is 94.4 Å². The molecule has 0 aliphatic heterocycles. The standard InChI is InChI=1S/C36H43FN4O3S/c1-40-30(26-6-7-26)19-31(38-40)35-15-12-33(13-16-35,14-17-35)24-41(32(42)20-34-21-36(37,22-34)23-34)29-5-3-4-27(18-29)25-8-10-28(11-9-25)39-45(2,43)44/h3-5,8-11,18-19,26,39H,6-7,12-17,20-24H2,1-2H3. The number of amides is 1. The highest BCUT2D eigenvalue weighted by Crippen LogP contribution is 2.71. The Kier molecular flexibility index (Phi) is 6.43. The summed E-state index contributed by atoms with van der Waals surface area (Å²) in [4.78, 5) is 16.2. The molecule has 7 nitrogen and oxygen atoms in total. The first kappa shape index (κ1) is 29.2. The Labute approximate surface area is 265 Å². The van der Waals surface area contributed by atoms with E-state index in [0.717, 1.165) is 61.6 Å². The number of aromatic nitrogens is 2. The van der Waals surface area contributed by atoms with E-state index < -0.39 is 15.7 Å². The Bertz CT molecular complexity index is 1730. The zero-order valence-corrected chi connectivity index (χ0v) is 27.1. The Balaban J connectivity index is 1.04. The molecule has 238 valence electrons. The van der Waals surface area contributed by atoms with Crippen LogP contribution in [0.25, 0.3) is 11.1 Å². The molecular formula is C36H43FN4O3S. The van der Waals surface area contributed by atoms with Gasteiger partial charge in [0.1, 0.15) is 5.67 Å². The van der Waals surface area contributed by atoms with Gasteiger partial charge in [-0.3, -0.25) is 14.2 Å². The van der Waals surface area contributed by atoms with E-state index in [9.17, 15) is 17.6 Å². The van der Waals surface area contributed by atoms with Crippen LogP contribution in [0.4, 0.5) is 15.8 Å². The van der Waals surface area contributed by atoms with Crippen LogP contribution in [0.5, 0.6) is 0 Å². The predicted octanol–water partition coefficient (Wildman–Crippen LogP) is 7.24. The largest absolute Gasteiger partial charge is 0.312 e. The highest BCUT2D eigenvalue weighted by atomic mass is 32.2. The molecule has 0 unspecified atom stereocenters. The fourth-order valence-corrected chi connectivity index (χ4v) is 9.87. The molecule has 4 bridgehead atoms. The summed E-state index contributed by atoms with van der Waals surface area (Å²) in [5, 5.41) is 5.04. The summed E-state index contributed by atoms with van der Waals surface area (Å²) in [7, 11) is -1.26. The van der Waals surface area contributed by atoms with Crippen LogP contribution >= 0.6 is 0 Å². The van der Waals surface area contributed by atoms with Crippen LogP contribution in [0.2, 0.25) is 0 Å². The van der Waals surface area contributed by atoms with E-state index in [0.29, 0.717) is 43.8 Å². The number of carbonyl (C=O) groups excluding carboxylic acids is 1. The lowest BCUT2D eigenvalue weighted by Crippen LogP contribution is -2.65. The fourth-order valence-electron chi connectivity index (χ4n) is 9.31. The van der Waals surface area contributed by atoms with Crippen LogP contribution in [0, 0.1) is 10.8 Å². The van der Waals surface area contributed by atoms with Gasteiger partial charge in [0.2, 0.25) is 15.9 Å². The van der Waals surface area contributed by atoms with Gasteiger partial charge in [-0.15, -0.1) is 0 Å². The first-order valence-electron chi connectivity index (χ1n) is 16.6. The van der Waals surface area contributed by atoms with Gasteiger partial charge in [-0.05, 0) is 123 Å². The minimum Gasteiger partial charge on any atom is -0.312 e. The molecule has 0 atom stereocenters. The molecule has 1 amide bonds. The van der Waals surface area contributed by atoms with Crippen molar-refractivity contribution in [1.82, 2.24) is 9.78 Å². The van der Waals surface area contributed by atoms with Gasteiger partial charge >= 0.3 is 0 Å². The number of carbonyl (C=O) groups is 1. The summed E-state index contributed by atoms with van der Waals surface area (Å²) < 4.78 is 42.4. The molecule has 1 N–H and O–H groups in total. The van der Waals surface area contributed by atoms with E-state index in [1.807, 2.05) is 35.2 Å². The van der Waals surface area contributed by atoms with Gasteiger partial charge in [0.05, 0.1) is 11.9 Å². The average molecular weight is 631 g/mol. The lowest BCUT2D eigenvalue weighted by molar-refractivity contribution is -0.215. The van der Waals surface area contributed by atoms with Gasteiger partial charge in [-0.1, -0.05) is 24.3 Å². The van der Waals surface area contributed by atoms with Gasteiger partial charge in [0, 0.05) is 48.4 Å². The molecule has 7 aliphatic rings. The van der Waals surface area contributed by atoms with E-state index in [-0.39, 0.29) is 22.2 Å². The van der Waals surface area contributed by atoms with Crippen molar-refractivity contribution in [2.24, 2.45) is 17.9 Å². The van der Waals surface area contributed by atoms with Crippen molar-refractivity contribution in [1.29, 1.82) is 0 Å². The lowest BCUT2D eigenvalue weighted by Gasteiger charge is -2.66. The number of aryl methyl sites for hydroxylation is 1. The van der Waals surface area contributed by atoms with Crippen LogP contribution in [-0.2, 0) is 27.3 Å². The number of anilines is 2. The van der Waals surface area contributed by atoms with E-state index in [2.05, 4.69) is 28.6 Å². The SMILES string of the molecule is Cn1nc(C23CCC(CN(C(=O)CC45CC(F)(C4)C5)c4cccc(-c5ccc(NS(C)(=O)=O)cc5)c4)(CC2)CC3)cc1C1CC1. The topological polar surface area (TPSA) is 84.3 Å². The van der Waals surface area contributed by atoms with E-state index in [4.69, 9.17) is 5.10 Å². The number of hydrogen-bond donors (Lipinski definition) is 1. The maximum atomic E-state index is 14.4. The summed E-state index contributed by atoms with van der Waals surface area (Å²) in [5.41, 5.74) is 5.02. The number of benzene rings is 2. The second-order valence-electron chi connectivity index (χ2n) is 15.5. The Hall–Kier alpha value is -3.20. The van der Waals surface area contributed by atoms with Gasteiger partial charge in [-0.2, -0.15) is 5.10 Å². The number of alkyl halides is 1. The Morgan fingerprint density at radius 2 is 1.62 bits per heavy atom. The summed E-state index contributed by atoms with van der Waals surface area (Å²) in [6, 6.07) is 17.8. The highest BCUT2D eigenvalue weighted by Gasteiger charge is 2.69. The number of halogens is 1. The van der Waals surface area contributed by atoms with Crippen molar-refractivity contribution in [3.05, 3.63) is 66.0 Å². The van der Waals surface area contributed by atoms with E-state index in [1.165, 1.54) is 24.2 Å². The predicted molar refractivity (Wildman–Crippen MR) is 174 cm³/mol. The van der Waals surface area contributed by atoms with Crippen LogP contribution < -0.4 is 9.62 Å². The summed E-state index contributed by atoms with van der Waals surface area (Å²) >= 11 is 0. The fraction of sp³-hybridized carbons (Fsp3) is 0.556. The van der Waals surface area contributed by atoms with Crippen molar-refractivity contribution in [2.75, 3.05) is 22.4 Å². The first-order chi connectivity index (χ1) is 21.4.